The number of aromatic amines is 1. The minimum atomic E-state index is -0.258. The number of aromatic nitrogens is 3. The summed E-state index contributed by atoms with van der Waals surface area (Å²) in [5, 5.41) is 6.91. The van der Waals surface area contributed by atoms with Crippen molar-refractivity contribution < 1.29 is 9.59 Å². The van der Waals surface area contributed by atoms with E-state index in [0.717, 1.165) is 18.5 Å². The van der Waals surface area contributed by atoms with Crippen LogP contribution in [0.4, 0.5) is 5.69 Å². The Morgan fingerprint density at radius 3 is 2.92 bits per heavy atom. The lowest BCUT2D eigenvalue weighted by Crippen LogP contribution is -2.23. The third kappa shape index (κ3) is 3.84. The number of H-pyrrole nitrogens is 1. The molecule has 0 spiro atoms. The first-order valence-electron chi connectivity index (χ1n) is 8.31. The van der Waals surface area contributed by atoms with Crippen LogP contribution in [0.15, 0.2) is 34.2 Å². The summed E-state index contributed by atoms with van der Waals surface area (Å²) in [5.41, 5.74) is 1.07. The summed E-state index contributed by atoms with van der Waals surface area (Å²) in [7, 11) is 0. The summed E-state index contributed by atoms with van der Waals surface area (Å²) >= 11 is 1.24. The number of rotatable bonds is 7. The van der Waals surface area contributed by atoms with Crippen LogP contribution in [0.2, 0.25) is 0 Å². The van der Waals surface area contributed by atoms with E-state index in [4.69, 9.17) is 0 Å². The van der Waals surface area contributed by atoms with E-state index in [0.29, 0.717) is 30.2 Å². The van der Waals surface area contributed by atoms with E-state index in [1.165, 1.54) is 16.3 Å². The number of hydrogen-bond donors (Lipinski definition) is 1. The molecule has 1 aliphatic rings. The molecule has 1 amide bonds. The monoisotopic (exact) mass is 360 g/mol. The highest BCUT2D eigenvalue weighted by Gasteiger charge is 2.22. The van der Waals surface area contributed by atoms with E-state index in [-0.39, 0.29) is 23.1 Å². The lowest BCUT2D eigenvalue weighted by molar-refractivity contribution is -0.117. The van der Waals surface area contributed by atoms with E-state index in [1.54, 1.807) is 23.1 Å². The number of hydrogen-bond acceptors (Lipinski definition) is 5. The SMILES string of the molecule is CCCn1c(SCC(=O)c2cccc(N3CCCC3=O)c2)n[nH]c1=O. The van der Waals surface area contributed by atoms with Gasteiger partial charge in [0.2, 0.25) is 5.91 Å². The van der Waals surface area contributed by atoms with Gasteiger partial charge in [0.25, 0.3) is 0 Å². The van der Waals surface area contributed by atoms with Gasteiger partial charge in [-0.1, -0.05) is 30.8 Å². The standard InChI is InChI=1S/C17H20N4O3S/c1-2-8-21-16(24)18-19-17(21)25-11-14(22)12-5-3-6-13(10-12)20-9-4-7-15(20)23/h3,5-6,10H,2,4,7-9,11H2,1H3,(H,18,24). The summed E-state index contributed by atoms with van der Waals surface area (Å²) in [6, 6.07) is 7.15. The summed E-state index contributed by atoms with van der Waals surface area (Å²) in [4.78, 5) is 37.7. The third-order valence-corrected chi connectivity index (χ3v) is 5.03. The lowest BCUT2D eigenvalue weighted by Gasteiger charge is -2.16. The van der Waals surface area contributed by atoms with Gasteiger partial charge in [-0.05, 0) is 25.0 Å². The Balaban J connectivity index is 1.70. The average Bonchev–Trinajstić information content (AvgIpc) is 3.20. The highest BCUT2D eigenvalue weighted by Crippen LogP contribution is 2.23. The zero-order valence-electron chi connectivity index (χ0n) is 14.0. The Hall–Kier alpha value is -2.35. The number of nitrogens with one attached hydrogen (secondary N) is 1. The van der Waals surface area contributed by atoms with Gasteiger partial charge in [-0.25, -0.2) is 9.89 Å². The number of nitrogens with zero attached hydrogens (tertiary/aromatic N) is 3. The number of carbonyl (C=O) groups is 2. The second-order valence-corrected chi connectivity index (χ2v) is 6.82. The molecule has 132 valence electrons. The predicted molar refractivity (Wildman–Crippen MR) is 96.2 cm³/mol. The third-order valence-electron chi connectivity index (χ3n) is 4.06. The molecule has 1 saturated heterocycles. The van der Waals surface area contributed by atoms with Gasteiger partial charge in [0.15, 0.2) is 10.9 Å². The number of amides is 1. The molecule has 0 atom stereocenters. The molecule has 0 radical (unpaired) electrons. The number of anilines is 1. The molecule has 1 N–H and O–H groups in total. The largest absolute Gasteiger partial charge is 0.343 e. The van der Waals surface area contributed by atoms with Crippen LogP contribution in [0.5, 0.6) is 0 Å². The van der Waals surface area contributed by atoms with Crippen molar-refractivity contribution in [2.45, 2.75) is 37.9 Å². The fourth-order valence-electron chi connectivity index (χ4n) is 2.82. The van der Waals surface area contributed by atoms with Crippen LogP contribution in [-0.4, -0.2) is 38.8 Å². The molecule has 2 aromatic rings. The second kappa shape index (κ2) is 7.69. The molecule has 0 unspecified atom stereocenters. The Kier molecular flexibility index (Phi) is 5.37. The van der Waals surface area contributed by atoms with Crippen LogP contribution >= 0.6 is 11.8 Å². The normalized spacial score (nSPS) is 14.3. The topological polar surface area (TPSA) is 88.1 Å². The molecule has 1 fully saturated rings. The molecule has 1 aliphatic heterocycles. The molecule has 7 nitrogen and oxygen atoms in total. The molecule has 3 rings (SSSR count). The quantitative estimate of drug-likeness (QED) is 0.603. The van der Waals surface area contributed by atoms with Crippen LogP contribution in [0.25, 0.3) is 0 Å². The van der Waals surface area contributed by atoms with Crippen LogP contribution < -0.4 is 10.6 Å². The van der Waals surface area contributed by atoms with Crippen molar-refractivity contribution in [2.24, 2.45) is 0 Å². The fraction of sp³-hybridized carbons (Fsp3) is 0.412. The van der Waals surface area contributed by atoms with Crippen molar-refractivity contribution in [3.05, 3.63) is 40.3 Å². The lowest BCUT2D eigenvalue weighted by atomic mass is 10.1. The highest BCUT2D eigenvalue weighted by molar-refractivity contribution is 7.99. The molecule has 0 saturated carbocycles. The van der Waals surface area contributed by atoms with Gasteiger partial charge in [-0.3, -0.25) is 14.2 Å². The second-order valence-electron chi connectivity index (χ2n) is 5.87. The van der Waals surface area contributed by atoms with E-state index >= 15 is 0 Å². The van der Waals surface area contributed by atoms with Gasteiger partial charge in [-0.2, -0.15) is 0 Å². The van der Waals surface area contributed by atoms with Crippen molar-refractivity contribution in [2.75, 3.05) is 17.2 Å². The van der Waals surface area contributed by atoms with Crippen molar-refractivity contribution in [3.63, 3.8) is 0 Å². The van der Waals surface area contributed by atoms with E-state index in [2.05, 4.69) is 10.2 Å². The van der Waals surface area contributed by atoms with Crippen LogP contribution in [0, 0.1) is 0 Å². The zero-order valence-corrected chi connectivity index (χ0v) is 14.8. The summed E-state index contributed by atoms with van der Waals surface area (Å²) in [6.45, 7) is 3.24. The molecule has 0 bridgehead atoms. The molecule has 1 aromatic carbocycles. The molecular formula is C17H20N4O3S. The molecule has 1 aromatic heterocycles. The first-order valence-corrected chi connectivity index (χ1v) is 9.30. The van der Waals surface area contributed by atoms with Crippen LogP contribution in [-0.2, 0) is 11.3 Å². The minimum absolute atomic E-state index is 0.0583. The smallest absolute Gasteiger partial charge is 0.312 e. The van der Waals surface area contributed by atoms with Gasteiger partial charge in [0.05, 0.1) is 5.75 Å². The maximum absolute atomic E-state index is 12.5. The number of Topliss-reactive ketones (excluding diaryl/α,β-unsaturated/α-hetero) is 1. The molecule has 25 heavy (non-hydrogen) atoms. The van der Waals surface area contributed by atoms with Gasteiger partial charge in [0, 0.05) is 30.8 Å². The van der Waals surface area contributed by atoms with E-state index in [1.807, 2.05) is 13.0 Å². The van der Waals surface area contributed by atoms with Crippen molar-refractivity contribution >= 4 is 29.1 Å². The maximum Gasteiger partial charge on any atom is 0.343 e. The van der Waals surface area contributed by atoms with Crippen molar-refractivity contribution in [1.82, 2.24) is 14.8 Å². The Morgan fingerprint density at radius 1 is 1.36 bits per heavy atom. The van der Waals surface area contributed by atoms with Crippen molar-refractivity contribution in [3.8, 4) is 0 Å². The van der Waals surface area contributed by atoms with Crippen LogP contribution in [0.3, 0.4) is 0 Å². The van der Waals surface area contributed by atoms with Gasteiger partial charge in [-0.15, -0.1) is 5.10 Å². The Labute approximate surface area is 149 Å². The van der Waals surface area contributed by atoms with Gasteiger partial charge >= 0.3 is 5.69 Å². The molecular weight excluding hydrogens is 340 g/mol. The molecule has 8 heteroatoms. The maximum atomic E-state index is 12.5. The number of thioether (sulfide) groups is 1. The summed E-state index contributed by atoms with van der Waals surface area (Å²) < 4.78 is 1.54. The van der Waals surface area contributed by atoms with Crippen molar-refractivity contribution in [1.29, 1.82) is 0 Å². The number of carbonyl (C=O) groups excluding carboxylic acids is 2. The summed E-state index contributed by atoms with van der Waals surface area (Å²) in [6.07, 6.45) is 2.22. The highest BCUT2D eigenvalue weighted by atomic mass is 32.2. The van der Waals surface area contributed by atoms with Gasteiger partial charge < -0.3 is 4.90 Å². The fourth-order valence-corrected chi connectivity index (χ4v) is 3.68. The molecule has 2 heterocycles. The Morgan fingerprint density at radius 2 is 2.20 bits per heavy atom. The zero-order chi connectivity index (χ0) is 17.8. The van der Waals surface area contributed by atoms with Gasteiger partial charge in [0.1, 0.15) is 0 Å². The molecule has 0 aliphatic carbocycles. The average molecular weight is 360 g/mol. The van der Waals surface area contributed by atoms with E-state index in [9.17, 15) is 14.4 Å². The number of ketones is 1. The summed E-state index contributed by atoms with van der Waals surface area (Å²) in [5.74, 6) is 0.224. The number of benzene rings is 1. The Bertz CT molecular complexity index is 842. The minimum Gasteiger partial charge on any atom is -0.312 e. The first kappa shape index (κ1) is 17.5. The van der Waals surface area contributed by atoms with Crippen LogP contribution in [0.1, 0.15) is 36.5 Å². The predicted octanol–water partition coefficient (Wildman–Crippen LogP) is 2.08. The van der Waals surface area contributed by atoms with E-state index < -0.39 is 0 Å². The first-order chi connectivity index (χ1) is 12.1.